The van der Waals surface area contributed by atoms with Crippen LogP contribution in [0.15, 0.2) is 0 Å². The lowest BCUT2D eigenvalue weighted by Crippen LogP contribution is -2.03. The molecule has 0 amide bonds. The summed E-state index contributed by atoms with van der Waals surface area (Å²) in [5, 5.41) is 9.46. The first-order valence-electron chi connectivity index (χ1n) is 10.2. The SMILES string of the molecule is CCCCCCCCCOP(=O)(O)CCCCCCCC(O)CC. The summed E-state index contributed by atoms with van der Waals surface area (Å²) >= 11 is 0. The fraction of sp³-hybridized carbons (Fsp3) is 1.00. The summed E-state index contributed by atoms with van der Waals surface area (Å²) in [5.74, 6) is 0. The van der Waals surface area contributed by atoms with Gasteiger partial charge in [-0.25, -0.2) is 0 Å². The minimum Gasteiger partial charge on any atom is -0.393 e. The minimum atomic E-state index is -3.37. The quantitative estimate of drug-likeness (QED) is 0.229. The summed E-state index contributed by atoms with van der Waals surface area (Å²) < 4.78 is 17.1. The molecule has 0 rings (SSSR count). The van der Waals surface area contributed by atoms with E-state index in [9.17, 15) is 14.6 Å². The van der Waals surface area contributed by atoms with E-state index in [-0.39, 0.29) is 12.3 Å². The maximum absolute atomic E-state index is 11.9. The molecule has 2 N–H and O–H groups in total. The normalized spacial score (nSPS) is 15.3. The van der Waals surface area contributed by atoms with Crippen molar-refractivity contribution in [3.63, 3.8) is 0 Å². The lowest BCUT2D eigenvalue weighted by molar-refractivity contribution is 0.156. The van der Waals surface area contributed by atoms with Gasteiger partial charge in [0, 0.05) is 6.16 Å². The van der Waals surface area contributed by atoms with Crippen LogP contribution in [0.5, 0.6) is 0 Å². The Bertz CT molecular complexity index is 310. The standard InChI is InChI=1S/C19H41O4P/c1-3-5-6-7-8-11-14-17-23-24(21,22)18-15-12-9-10-13-16-19(20)4-2/h19-20H,3-18H2,1-2H3,(H,21,22). The highest BCUT2D eigenvalue weighted by atomic mass is 31.2. The summed E-state index contributed by atoms with van der Waals surface area (Å²) in [6.45, 7) is 4.62. The van der Waals surface area contributed by atoms with Gasteiger partial charge in [-0.05, 0) is 25.7 Å². The third-order valence-corrected chi connectivity index (χ3v) is 5.96. The number of hydrogen-bond acceptors (Lipinski definition) is 3. The van der Waals surface area contributed by atoms with Gasteiger partial charge in [0.05, 0.1) is 12.7 Å². The maximum atomic E-state index is 11.9. The van der Waals surface area contributed by atoms with Crippen LogP contribution in [-0.2, 0) is 9.09 Å². The summed E-state index contributed by atoms with van der Waals surface area (Å²) in [6.07, 6.45) is 15.0. The Morgan fingerprint density at radius 1 is 0.833 bits per heavy atom. The second-order valence-corrected chi connectivity index (χ2v) is 8.91. The topological polar surface area (TPSA) is 66.8 Å². The zero-order valence-electron chi connectivity index (χ0n) is 16.0. The molecule has 24 heavy (non-hydrogen) atoms. The molecule has 0 spiro atoms. The molecule has 0 aliphatic heterocycles. The van der Waals surface area contributed by atoms with E-state index in [4.69, 9.17) is 4.52 Å². The first-order chi connectivity index (χ1) is 11.5. The fourth-order valence-corrected chi connectivity index (χ4v) is 3.92. The molecule has 5 heteroatoms. The van der Waals surface area contributed by atoms with Gasteiger partial charge < -0.3 is 14.5 Å². The van der Waals surface area contributed by atoms with Crippen molar-refractivity contribution in [3.8, 4) is 0 Å². The van der Waals surface area contributed by atoms with Crippen molar-refractivity contribution >= 4 is 7.60 Å². The first kappa shape index (κ1) is 24.1. The van der Waals surface area contributed by atoms with E-state index in [0.29, 0.717) is 6.61 Å². The molecule has 0 bridgehead atoms. The van der Waals surface area contributed by atoms with Crippen molar-refractivity contribution in [1.29, 1.82) is 0 Å². The monoisotopic (exact) mass is 364 g/mol. The van der Waals surface area contributed by atoms with Gasteiger partial charge in [0.15, 0.2) is 0 Å². The number of aliphatic hydroxyl groups is 1. The van der Waals surface area contributed by atoms with E-state index in [0.717, 1.165) is 57.8 Å². The van der Waals surface area contributed by atoms with Crippen molar-refractivity contribution in [2.75, 3.05) is 12.8 Å². The average molecular weight is 365 g/mol. The van der Waals surface area contributed by atoms with Crippen LogP contribution in [0.1, 0.15) is 104 Å². The van der Waals surface area contributed by atoms with E-state index in [1.54, 1.807) is 0 Å². The second-order valence-electron chi connectivity index (χ2n) is 6.93. The van der Waals surface area contributed by atoms with Crippen molar-refractivity contribution < 1.29 is 19.1 Å². The van der Waals surface area contributed by atoms with Gasteiger partial charge in [0.25, 0.3) is 0 Å². The molecule has 0 aliphatic carbocycles. The molecule has 0 saturated heterocycles. The van der Waals surface area contributed by atoms with Crippen LogP contribution >= 0.6 is 7.60 Å². The molecular weight excluding hydrogens is 323 g/mol. The predicted octanol–water partition coefficient (Wildman–Crippen LogP) is 6.05. The van der Waals surface area contributed by atoms with Crippen molar-refractivity contribution in [1.82, 2.24) is 0 Å². The van der Waals surface area contributed by atoms with Crippen LogP contribution < -0.4 is 0 Å². The fourth-order valence-electron chi connectivity index (χ4n) is 2.76. The van der Waals surface area contributed by atoms with E-state index in [1.807, 2.05) is 6.92 Å². The van der Waals surface area contributed by atoms with Crippen LogP contribution in [0.4, 0.5) is 0 Å². The Kier molecular flexibility index (Phi) is 16.6. The molecule has 4 nitrogen and oxygen atoms in total. The van der Waals surface area contributed by atoms with Crippen LogP contribution in [0.3, 0.4) is 0 Å². The first-order valence-corrected chi connectivity index (χ1v) is 11.9. The molecule has 0 aliphatic rings. The van der Waals surface area contributed by atoms with Gasteiger partial charge in [-0.3, -0.25) is 4.57 Å². The van der Waals surface area contributed by atoms with Gasteiger partial charge in [-0.1, -0.05) is 78.1 Å². The molecule has 146 valence electrons. The Morgan fingerprint density at radius 2 is 1.38 bits per heavy atom. The zero-order chi connectivity index (χ0) is 18.1. The number of hydrogen-bond donors (Lipinski definition) is 2. The van der Waals surface area contributed by atoms with E-state index in [1.165, 1.54) is 32.1 Å². The van der Waals surface area contributed by atoms with Crippen molar-refractivity contribution in [3.05, 3.63) is 0 Å². The minimum absolute atomic E-state index is 0.164. The molecule has 2 atom stereocenters. The smallest absolute Gasteiger partial charge is 0.328 e. The molecule has 2 unspecified atom stereocenters. The summed E-state index contributed by atoms with van der Waals surface area (Å²) in [4.78, 5) is 9.79. The Balaban J connectivity index is 3.40. The van der Waals surface area contributed by atoms with Crippen LogP contribution in [0.2, 0.25) is 0 Å². The lowest BCUT2D eigenvalue weighted by atomic mass is 10.1. The molecule has 0 fully saturated rings. The van der Waals surface area contributed by atoms with Crippen LogP contribution in [0, 0.1) is 0 Å². The molecule has 0 saturated carbocycles. The van der Waals surface area contributed by atoms with Gasteiger partial charge in [-0.2, -0.15) is 0 Å². The molecule has 0 aromatic carbocycles. The molecule has 0 radical (unpaired) electrons. The van der Waals surface area contributed by atoms with E-state index < -0.39 is 7.60 Å². The molecule has 0 heterocycles. The Hall–Kier alpha value is 0.110. The van der Waals surface area contributed by atoms with Gasteiger partial charge in [0.1, 0.15) is 0 Å². The van der Waals surface area contributed by atoms with Crippen LogP contribution in [0.25, 0.3) is 0 Å². The number of aliphatic hydroxyl groups excluding tert-OH is 1. The Labute approximate surface area is 149 Å². The van der Waals surface area contributed by atoms with E-state index in [2.05, 4.69) is 6.92 Å². The third kappa shape index (κ3) is 17.0. The van der Waals surface area contributed by atoms with E-state index >= 15 is 0 Å². The number of rotatable bonds is 18. The van der Waals surface area contributed by atoms with Crippen LogP contribution in [-0.4, -0.2) is 28.9 Å². The van der Waals surface area contributed by atoms with Gasteiger partial charge in [0.2, 0.25) is 0 Å². The molecule has 0 aromatic rings. The third-order valence-electron chi connectivity index (χ3n) is 4.49. The summed E-state index contributed by atoms with van der Waals surface area (Å²) in [5.41, 5.74) is 0. The number of unbranched alkanes of at least 4 members (excludes halogenated alkanes) is 10. The molecular formula is C19H41O4P. The summed E-state index contributed by atoms with van der Waals surface area (Å²) in [6, 6.07) is 0. The van der Waals surface area contributed by atoms with Gasteiger partial charge >= 0.3 is 7.60 Å². The highest BCUT2D eigenvalue weighted by Gasteiger charge is 2.17. The molecule has 0 aromatic heterocycles. The van der Waals surface area contributed by atoms with Gasteiger partial charge in [-0.15, -0.1) is 0 Å². The summed E-state index contributed by atoms with van der Waals surface area (Å²) in [7, 11) is -3.37. The highest BCUT2D eigenvalue weighted by molar-refractivity contribution is 7.52. The van der Waals surface area contributed by atoms with Crippen molar-refractivity contribution in [2.45, 2.75) is 110 Å². The average Bonchev–Trinajstić information content (AvgIpc) is 2.56. The Morgan fingerprint density at radius 3 is 2.00 bits per heavy atom. The predicted molar refractivity (Wildman–Crippen MR) is 103 cm³/mol. The second kappa shape index (κ2) is 16.6. The lowest BCUT2D eigenvalue weighted by Gasteiger charge is -2.12. The van der Waals surface area contributed by atoms with Crippen molar-refractivity contribution in [2.24, 2.45) is 0 Å². The zero-order valence-corrected chi connectivity index (χ0v) is 16.9. The highest BCUT2D eigenvalue weighted by Crippen LogP contribution is 2.43. The maximum Gasteiger partial charge on any atom is 0.328 e. The largest absolute Gasteiger partial charge is 0.393 e.